The number of rotatable bonds is 1. The maximum absolute atomic E-state index is 2.40. The summed E-state index contributed by atoms with van der Waals surface area (Å²) in [6, 6.07) is 7.08. The number of nitrogens with zero attached hydrogens (tertiary/aromatic N) is 1. The number of hydrogen-bond donors (Lipinski definition) is 0. The Labute approximate surface area is 104 Å². The van der Waals surface area contributed by atoms with Gasteiger partial charge in [0.25, 0.3) is 0 Å². The third kappa shape index (κ3) is 2.06. The van der Waals surface area contributed by atoms with Crippen LogP contribution in [0.2, 0.25) is 0 Å². The Kier molecular flexibility index (Phi) is 3.19. The topological polar surface area (TPSA) is 3.01 Å². The minimum atomic E-state index is 0.564. The summed E-state index contributed by atoms with van der Waals surface area (Å²) in [6.07, 6.45) is 4.60. The van der Waals surface area contributed by atoms with Crippen LogP contribution in [-0.4, -0.2) is 23.4 Å². The van der Waals surface area contributed by atoms with Crippen LogP contribution in [0.4, 0.5) is 0 Å². The van der Waals surface area contributed by atoms with Gasteiger partial charge in [0.15, 0.2) is 6.04 Å². The highest BCUT2D eigenvalue weighted by atomic mass is 15.0. The molecule has 0 aliphatic carbocycles. The summed E-state index contributed by atoms with van der Waals surface area (Å²) in [7, 11) is 2.20. The average Bonchev–Trinajstić information content (AvgIpc) is 2.29. The van der Waals surface area contributed by atoms with Gasteiger partial charge in [-0.2, -0.15) is 0 Å². The standard InChI is InChI=1S/C16H22N/c1-11-9-10-15(17(5)14(11)4)16-12(2)7-6-8-13(16)3/h6-11,14H,1-5H3/q+1. The fourth-order valence-corrected chi connectivity index (χ4v) is 2.57. The molecule has 1 heterocycles. The maximum Gasteiger partial charge on any atom is 0.207 e. The molecule has 2 rings (SSSR count). The molecular weight excluding hydrogens is 206 g/mol. The molecule has 0 bridgehead atoms. The summed E-state index contributed by atoms with van der Waals surface area (Å²) >= 11 is 0. The van der Waals surface area contributed by atoms with Gasteiger partial charge in [0.05, 0.1) is 5.56 Å². The van der Waals surface area contributed by atoms with E-state index in [4.69, 9.17) is 0 Å². The highest BCUT2D eigenvalue weighted by Gasteiger charge is 2.27. The number of benzene rings is 1. The van der Waals surface area contributed by atoms with Gasteiger partial charge in [-0.1, -0.05) is 31.2 Å². The Morgan fingerprint density at radius 1 is 1.06 bits per heavy atom. The lowest BCUT2D eigenvalue weighted by molar-refractivity contribution is -0.540. The molecule has 2 atom stereocenters. The monoisotopic (exact) mass is 228 g/mol. The summed E-state index contributed by atoms with van der Waals surface area (Å²) < 4.78 is 2.40. The van der Waals surface area contributed by atoms with Crippen molar-refractivity contribution >= 4 is 5.71 Å². The summed E-state index contributed by atoms with van der Waals surface area (Å²) in [5.41, 5.74) is 5.47. The zero-order valence-corrected chi connectivity index (χ0v) is 11.5. The van der Waals surface area contributed by atoms with Crippen LogP contribution in [0.25, 0.3) is 0 Å². The van der Waals surface area contributed by atoms with Crippen LogP contribution in [-0.2, 0) is 0 Å². The van der Waals surface area contributed by atoms with E-state index in [2.05, 4.69) is 69.7 Å². The second-order valence-corrected chi connectivity index (χ2v) is 5.22. The smallest absolute Gasteiger partial charge is 0.207 e. The molecule has 1 aliphatic rings. The van der Waals surface area contributed by atoms with E-state index in [0.29, 0.717) is 12.0 Å². The second-order valence-electron chi connectivity index (χ2n) is 5.22. The fourth-order valence-electron chi connectivity index (χ4n) is 2.57. The van der Waals surface area contributed by atoms with E-state index in [9.17, 15) is 0 Å². The summed E-state index contributed by atoms with van der Waals surface area (Å²) in [6.45, 7) is 8.96. The largest absolute Gasteiger partial charge is 0.229 e. The molecular formula is C16H22N+. The van der Waals surface area contributed by atoms with Crippen molar-refractivity contribution in [2.24, 2.45) is 5.92 Å². The van der Waals surface area contributed by atoms with Crippen LogP contribution in [0.1, 0.15) is 30.5 Å². The lowest BCUT2D eigenvalue weighted by atomic mass is 9.92. The van der Waals surface area contributed by atoms with Crippen LogP contribution in [0, 0.1) is 19.8 Å². The van der Waals surface area contributed by atoms with E-state index in [1.165, 1.54) is 22.4 Å². The van der Waals surface area contributed by atoms with Crippen molar-refractivity contribution in [3.05, 3.63) is 47.0 Å². The molecule has 17 heavy (non-hydrogen) atoms. The van der Waals surface area contributed by atoms with E-state index >= 15 is 0 Å². The van der Waals surface area contributed by atoms with Crippen molar-refractivity contribution in [3.8, 4) is 0 Å². The van der Waals surface area contributed by atoms with Gasteiger partial charge in [-0.05, 0) is 31.9 Å². The lowest BCUT2D eigenvalue weighted by Gasteiger charge is -2.21. The highest BCUT2D eigenvalue weighted by molar-refractivity contribution is 6.07. The van der Waals surface area contributed by atoms with Gasteiger partial charge in [0, 0.05) is 12.0 Å². The van der Waals surface area contributed by atoms with Crippen molar-refractivity contribution in [3.63, 3.8) is 0 Å². The molecule has 0 aromatic heterocycles. The Morgan fingerprint density at radius 2 is 1.65 bits per heavy atom. The lowest BCUT2D eigenvalue weighted by Crippen LogP contribution is -2.34. The first-order valence-electron chi connectivity index (χ1n) is 6.37. The predicted octanol–water partition coefficient (Wildman–Crippen LogP) is 3.33. The van der Waals surface area contributed by atoms with Crippen molar-refractivity contribution in [1.82, 2.24) is 0 Å². The molecule has 0 saturated heterocycles. The van der Waals surface area contributed by atoms with Crippen molar-refractivity contribution < 1.29 is 4.58 Å². The first kappa shape index (κ1) is 12.1. The molecule has 1 heteroatoms. The Balaban J connectivity index is 2.58. The second kappa shape index (κ2) is 4.48. The molecule has 0 fully saturated rings. The molecule has 0 saturated carbocycles. The fraction of sp³-hybridized carbons (Fsp3) is 0.438. The normalized spacial score (nSPS) is 24.3. The third-order valence-corrected chi connectivity index (χ3v) is 4.05. The van der Waals surface area contributed by atoms with Crippen LogP contribution >= 0.6 is 0 Å². The molecule has 1 aromatic carbocycles. The quantitative estimate of drug-likeness (QED) is 0.649. The highest BCUT2D eigenvalue weighted by Crippen LogP contribution is 2.20. The van der Waals surface area contributed by atoms with Crippen LogP contribution in [0.15, 0.2) is 30.4 Å². The van der Waals surface area contributed by atoms with Gasteiger partial charge in [0.1, 0.15) is 7.05 Å². The molecule has 0 radical (unpaired) electrons. The van der Waals surface area contributed by atoms with E-state index < -0.39 is 0 Å². The minimum Gasteiger partial charge on any atom is -0.229 e. The van der Waals surface area contributed by atoms with Crippen molar-refractivity contribution in [1.29, 1.82) is 0 Å². The zero-order chi connectivity index (χ0) is 12.6. The predicted molar refractivity (Wildman–Crippen MR) is 74.0 cm³/mol. The Morgan fingerprint density at radius 3 is 2.24 bits per heavy atom. The first-order chi connectivity index (χ1) is 8.02. The van der Waals surface area contributed by atoms with Gasteiger partial charge >= 0.3 is 0 Å². The van der Waals surface area contributed by atoms with Gasteiger partial charge in [-0.3, -0.25) is 0 Å². The molecule has 2 unspecified atom stereocenters. The SMILES string of the molecule is Cc1cccc(C)c1C1=[N+](C)C(C)C(C)C=C1. The minimum absolute atomic E-state index is 0.564. The molecule has 90 valence electrons. The van der Waals surface area contributed by atoms with Gasteiger partial charge in [-0.15, -0.1) is 0 Å². The number of hydrogen-bond acceptors (Lipinski definition) is 0. The molecule has 0 N–H and O–H groups in total. The van der Waals surface area contributed by atoms with Crippen LogP contribution < -0.4 is 0 Å². The molecule has 1 nitrogen and oxygen atoms in total. The summed E-state index contributed by atoms with van der Waals surface area (Å²) in [5.74, 6) is 0.619. The Bertz CT molecular complexity index is 474. The van der Waals surface area contributed by atoms with Crippen molar-refractivity contribution in [2.75, 3.05) is 7.05 Å². The third-order valence-electron chi connectivity index (χ3n) is 4.05. The molecule has 0 spiro atoms. The number of allylic oxidation sites excluding steroid dienone is 1. The van der Waals surface area contributed by atoms with Gasteiger partial charge < -0.3 is 0 Å². The maximum atomic E-state index is 2.40. The van der Waals surface area contributed by atoms with E-state index in [1.807, 2.05) is 0 Å². The summed E-state index contributed by atoms with van der Waals surface area (Å²) in [5, 5.41) is 0. The average molecular weight is 228 g/mol. The summed E-state index contributed by atoms with van der Waals surface area (Å²) in [4.78, 5) is 0. The Hall–Kier alpha value is -1.37. The van der Waals surface area contributed by atoms with Crippen LogP contribution in [0.5, 0.6) is 0 Å². The van der Waals surface area contributed by atoms with Crippen LogP contribution in [0.3, 0.4) is 0 Å². The first-order valence-corrected chi connectivity index (χ1v) is 6.37. The van der Waals surface area contributed by atoms with Crippen molar-refractivity contribution in [2.45, 2.75) is 33.7 Å². The number of aryl methyl sites for hydroxylation is 2. The molecule has 0 amide bonds. The van der Waals surface area contributed by atoms with E-state index in [-0.39, 0.29) is 0 Å². The van der Waals surface area contributed by atoms with Gasteiger partial charge in [0.2, 0.25) is 5.71 Å². The van der Waals surface area contributed by atoms with Gasteiger partial charge in [-0.25, -0.2) is 4.58 Å². The molecule has 1 aliphatic heterocycles. The van der Waals surface area contributed by atoms with E-state index in [0.717, 1.165) is 0 Å². The molecule has 1 aromatic rings. The van der Waals surface area contributed by atoms with E-state index in [1.54, 1.807) is 0 Å². The zero-order valence-electron chi connectivity index (χ0n) is 11.5.